The van der Waals surface area contributed by atoms with Gasteiger partial charge in [0.25, 0.3) is 0 Å². The van der Waals surface area contributed by atoms with Gasteiger partial charge in [-0.2, -0.15) is 0 Å². The Kier molecular flexibility index (Phi) is 3.79. The summed E-state index contributed by atoms with van der Waals surface area (Å²) in [7, 11) is 2.86. The summed E-state index contributed by atoms with van der Waals surface area (Å²) in [5.74, 6) is -0.661. The van der Waals surface area contributed by atoms with Crippen molar-refractivity contribution in [2.45, 2.75) is 19.3 Å². The summed E-state index contributed by atoms with van der Waals surface area (Å²) in [4.78, 5) is 39.5. The van der Waals surface area contributed by atoms with Gasteiger partial charge in [0.1, 0.15) is 0 Å². The van der Waals surface area contributed by atoms with E-state index in [0.29, 0.717) is 0 Å². The van der Waals surface area contributed by atoms with Crippen LogP contribution >= 0.6 is 0 Å². The van der Waals surface area contributed by atoms with Crippen LogP contribution in [0.15, 0.2) is 0 Å². The van der Waals surface area contributed by atoms with Crippen molar-refractivity contribution in [2.24, 2.45) is 0 Å². The second-order valence-corrected chi connectivity index (χ2v) is 3.26. The topological polar surface area (TPSA) is 66.9 Å². The fourth-order valence-electron chi connectivity index (χ4n) is 1.34. The molecule has 0 aromatic heterocycles. The molecule has 0 radical (unpaired) electrons. The predicted octanol–water partition coefficient (Wildman–Crippen LogP) is -0.455. The highest BCUT2D eigenvalue weighted by Crippen LogP contribution is 2.12. The van der Waals surface area contributed by atoms with E-state index in [2.05, 4.69) is 4.84 Å². The van der Waals surface area contributed by atoms with Gasteiger partial charge in [-0.1, -0.05) is 0 Å². The summed E-state index contributed by atoms with van der Waals surface area (Å²) >= 11 is 0. The molecular weight excluding hydrogens is 200 g/mol. The van der Waals surface area contributed by atoms with E-state index in [4.69, 9.17) is 0 Å². The Morgan fingerprint density at radius 1 is 1.40 bits per heavy atom. The van der Waals surface area contributed by atoms with Crippen molar-refractivity contribution in [3.8, 4) is 0 Å². The molecule has 0 bridgehead atoms. The first kappa shape index (κ1) is 11.6. The third-order valence-corrected chi connectivity index (χ3v) is 2.33. The molecule has 1 fully saturated rings. The maximum atomic E-state index is 11.3. The number of hydrogen-bond acceptors (Lipinski definition) is 4. The smallest absolute Gasteiger partial charge is 0.247 e. The standard InChI is InChI=1S/C9H14N2O4/c1-10(15-2)7(12)5-6-11-8(13)3-4-9(11)14/h3-6H2,1-2H3. The molecule has 0 aromatic rings. The molecule has 1 rings (SSSR count). The number of rotatable bonds is 4. The summed E-state index contributed by atoms with van der Waals surface area (Å²) in [6.07, 6.45) is 0.613. The average Bonchev–Trinajstić information content (AvgIpc) is 2.54. The first-order chi connectivity index (χ1) is 7.06. The van der Waals surface area contributed by atoms with Gasteiger partial charge in [0.2, 0.25) is 17.7 Å². The van der Waals surface area contributed by atoms with Gasteiger partial charge in [-0.25, -0.2) is 5.06 Å². The van der Waals surface area contributed by atoms with Crippen molar-refractivity contribution in [1.29, 1.82) is 0 Å². The number of carbonyl (C=O) groups excluding carboxylic acids is 3. The summed E-state index contributed by atoms with van der Waals surface area (Å²) < 4.78 is 0. The van der Waals surface area contributed by atoms with Crippen LogP contribution in [-0.4, -0.2) is 48.4 Å². The maximum absolute atomic E-state index is 11.3. The van der Waals surface area contributed by atoms with E-state index in [1.54, 1.807) is 0 Å². The second kappa shape index (κ2) is 4.88. The molecule has 0 atom stereocenters. The van der Waals surface area contributed by atoms with E-state index in [1.165, 1.54) is 14.2 Å². The van der Waals surface area contributed by atoms with Crippen LogP contribution in [0.3, 0.4) is 0 Å². The van der Waals surface area contributed by atoms with Crippen LogP contribution in [-0.2, 0) is 19.2 Å². The van der Waals surface area contributed by atoms with Crippen molar-refractivity contribution in [3.05, 3.63) is 0 Å². The molecule has 0 aliphatic carbocycles. The van der Waals surface area contributed by atoms with Crippen molar-refractivity contribution in [2.75, 3.05) is 20.7 Å². The van der Waals surface area contributed by atoms with Crippen LogP contribution in [0.1, 0.15) is 19.3 Å². The molecule has 1 aliphatic rings. The van der Waals surface area contributed by atoms with Crippen molar-refractivity contribution in [3.63, 3.8) is 0 Å². The highest BCUT2D eigenvalue weighted by Gasteiger charge is 2.29. The maximum Gasteiger partial charge on any atom is 0.247 e. The van der Waals surface area contributed by atoms with Crippen molar-refractivity contribution < 1.29 is 19.2 Å². The molecule has 0 unspecified atom stereocenters. The van der Waals surface area contributed by atoms with Crippen LogP contribution in [0.4, 0.5) is 0 Å². The second-order valence-electron chi connectivity index (χ2n) is 3.26. The molecule has 6 heteroatoms. The summed E-state index contributed by atoms with van der Waals surface area (Å²) in [6, 6.07) is 0. The van der Waals surface area contributed by atoms with Gasteiger partial charge in [-0.05, 0) is 0 Å². The van der Waals surface area contributed by atoms with Gasteiger partial charge in [0.05, 0.1) is 7.11 Å². The van der Waals surface area contributed by atoms with Gasteiger partial charge in [-0.3, -0.25) is 24.1 Å². The molecule has 6 nitrogen and oxygen atoms in total. The molecule has 0 aromatic carbocycles. The van der Waals surface area contributed by atoms with Gasteiger partial charge in [0.15, 0.2) is 0 Å². The molecule has 15 heavy (non-hydrogen) atoms. The van der Waals surface area contributed by atoms with Gasteiger partial charge in [0, 0.05) is 32.9 Å². The van der Waals surface area contributed by atoms with Crippen LogP contribution in [0, 0.1) is 0 Å². The lowest BCUT2D eigenvalue weighted by Crippen LogP contribution is -2.34. The molecule has 0 saturated carbocycles. The van der Waals surface area contributed by atoms with Crippen molar-refractivity contribution >= 4 is 17.7 Å². The first-order valence-corrected chi connectivity index (χ1v) is 4.70. The third-order valence-electron chi connectivity index (χ3n) is 2.33. The van der Waals surface area contributed by atoms with Gasteiger partial charge in [-0.15, -0.1) is 0 Å². The number of amides is 3. The quantitative estimate of drug-likeness (QED) is 0.469. The number of carbonyl (C=O) groups is 3. The monoisotopic (exact) mass is 214 g/mol. The lowest BCUT2D eigenvalue weighted by Gasteiger charge is -2.16. The summed E-state index contributed by atoms with van der Waals surface area (Å²) in [5, 5.41) is 1.07. The van der Waals surface area contributed by atoms with E-state index in [9.17, 15) is 14.4 Å². The Balaban J connectivity index is 2.40. The Labute approximate surface area is 87.7 Å². The van der Waals surface area contributed by atoms with Crippen molar-refractivity contribution in [1.82, 2.24) is 9.96 Å². The minimum Gasteiger partial charge on any atom is -0.282 e. The Morgan fingerprint density at radius 3 is 2.40 bits per heavy atom. The highest BCUT2D eigenvalue weighted by atomic mass is 16.7. The summed E-state index contributed by atoms with van der Waals surface area (Å²) in [5.41, 5.74) is 0. The zero-order valence-electron chi connectivity index (χ0n) is 8.86. The number of nitrogens with zero attached hydrogens (tertiary/aromatic N) is 2. The number of hydrogen-bond donors (Lipinski definition) is 0. The van der Waals surface area contributed by atoms with E-state index in [-0.39, 0.29) is 43.5 Å². The third kappa shape index (κ3) is 2.76. The van der Waals surface area contributed by atoms with E-state index in [1.807, 2.05) is 0 Å². The molecule has 3 amide bonds. The Hall–Kier alpha value is -1.43. The predicted molar refractivity (Wildman–Crippen MR) is 50.4 cm³/mol. The van der Waals surface area contributed by atoms with Gasteiger partial charge < -0.3 is 0 Å². The molecule has 1 aliphatic heterocycles. The molecule has 0 N–H and O–H groups in total. The fraction of sp³-hybridized carbons (Fsp3) is 0.667. The van der Waals surface area contributed by atoms with E-state index >= 15 is 0 Å². The number of likely N-dealkylation sites (tertiary alicyclic amines) is 1. The average molecular weight is 214 g/mol. The molecule has 84 valence electrons. The van der Waals surface area contributed by atoms with Crippen LogP contribution < -0.4 is 0 Å². The molecule has 1 heterocycles. The highest BCUT2D eigenvalue weighted by molar-refractivity contribution is 6.02. The van der Waals surface area contributed by atoms with E-state index < -0.39 is 0 Å². The van der Waals surface area contributed by atoms with Crippen LogP contribution in [0.2, 0.25) is 0 Å². The van der Waals surface area contributed by atoms with Gasteiger partial charge >= 0.3 is 0 Å². The minimum absolute atomic E-state index is 0.0990. The van der Waals surface area contributed by atoms with E-state index in [0.717, 1.165) is 9.96 Å². The largest absolute Gasteiger partial charge is 0.282 e. The normalized spacial score (nSPS) is 16.0. The number of imide groups is 1. The lowest BCUT2D eigenvalue weighted by molar-refractivity contribution is -0.169. The zero-order valence-corrected chi connectivity index (χ0v) is 8.86. The molecule has 1 saturated heterocycles. The first-order valence-electron chi connectivity index (χ1n) is 4.70. The lowest BCUT2D eigenvalue weighted by atomic mass is 10.3. The number of hydroxylamine groups is 2. The zero-order chi connectivity index (χ0) is 11.4. The summed E-state index contributed by atoms with van der Waals surface area (Å²) in [6.45, 7) is 0.143. The fourth-order valence-corrected chi connectivity index (χ4v) is 1.34. The van der Waals surface area contributed by atoms with Crippen LogP contribution in [0.25, 0.3) is 0 Å². The Morgan fingerprint density at radius 2 is 1.93 bits per heavy atom. The Bertz CT molecular complexity index is 274. The molecule has 0 spiro atoms. The SMILES string of the molecule is CON(C)C(=O)CCN1C(=O)CCC1=O. The molecular formula is C9H14N2O4. The minimum atomic E-state index is -0.259. The van der Waals surface area contributed by atoms with Crippen LogP contribution in [0.5, 0.6) is 0 Å².